The summed E-state index contributed by atoms with van der Waals surface area (Å²) in [5.74, 6) is 0.520. The molecule has 1 N–H and O–H groups in total. The summed E-state index contributed by atoms with van der Waals surface area (Å²) in [6.07, 6.45) is 1.90. The highest BCUT2D eigenvalue weighted by Gasteiger charge is 2.32. The highest BCUT2D eigenvalue weighted by atomic mass is 32.2. The zero-order valence-corrected chi connectivity index (χ0v) is 19.7. The summed E-state index contributed by atoms with van der Waals surface area (Å²) in [6.45, 7) is 3.83. The summed E-state index contributed by atoms with van der Waals surface area (Å²) < 4.78 is 34.7. The minimum Gasteiger partial charge on any atom is -0.497 e. The molecule has 1 fully saturated rings. The molecular weight excluding hydrogens is 442 g/mol. The Kier molecular flexibility index (Phi) is 6.94. The number of methoxy groups -OCH3 is 1. The van der Waals surface area contributed by atoms with Crippen LogP contribution in [0.4, 0.5) is 0 Å². The summed E-state index contributed by atoms with van der Waals surface area (Å²) in [4.78, 5) is 12.8. The van der Waals surface area contributed by atoms with Crippen LogP contribution in [0.1, 0.15) is 31.7 Å². The zero-order chi connectivity index (χ0) is 23.4. The van der Waals surface area contributed by atoms with Gasteiger partial charge in [-0.1, -0.05) is 24.3 Å². The molecule has 0 aliphatic carbocycles. The van der Waals surface area contributed by atoms with Gasteiger partial charge in [0, 0.05) is 32.1 Å². The van der Waals surface area contributed by atoms with Crippen molar-refractivity contribution in [2.45, 2.75) is 44.2 Å². The van der Waals surface area contributed by atoms with E-state index in [1.54, 1.807) is 30.0 Å². The summed E-state index contributed by atoms with van der Waals surface area (Å²) in [5.41, 5.74) is 2.37. The summed E-state index contributed by atoms with van der Waals surface area (Å²) >= 11 is 0. The van der Waals surface area contributed by atoms with E-state index < -0.39 is 10.0 Å². The Morgan fingerprint density at radius 3 is 2.55 bits per heavy atom. The maximum Gasteiger partial charge on any atom is 0.243 e. The largest absolute Gasteiger partial charge is 0.497 e. The Hall–Kier alpha value is -2.98. The Balaban J connectivity index is 1.35. The number of aromatic nitrogens is 3. The first-order valence-corrected chi connectivity index (χ1v) is 12.6. The second-order valence-electron chi connectivity index (χ2n) is 8.21. The number of fused-ring (bicyclic) bond motifs is 1. The van der Waals surface area contributed by atoms with Gasteiger partial charge in [0.15, 0.2) is 0 Å². The number of sulfonamides is 1. The van der Waals surface area contributed by atoms with Crippen molar-refractivity contribution in [3.63, 3.8) is 0 Å². The molecule has 1 aliphatic rings. The number of aryl methyl sites for hydroxylation is 1. The van der Waals surface area contributed by atoms with E-state index in [-0.39, 0.29) is 16.7 Å². The predicted octanol–water partition coefficient (Wildman–Crippen LogP) is 2.57. The number of amides is 1. The maximum atomic E-state index is 13.2. The Morgan fingerprint density at radius 1 is 1.15 bits per heavy atom. The zero-order valence-electron chi connectivity index (χ0n) is 18.9. The Bertz CT molecular complexity index is 1220. The number of nitrogens with one attached hydrogen (secondary N) is 1. The third-order valence-electron chi connectivity index (χ3n) is 6.01. The normalized spacial score (nSPS) is 15.6. The Labute approximate surface area is 193 Å². The first kappa shape index (κ1) is 23.2. The number of rotatable bonds is 8. The van der Waals surface area contributed by atoms with E-state index in [2.05, 4.69) is 22.6 Å². The molecule has 10 heteroatoms. The van der Waals surface area contributed by atoms with E-state index >= 15 is 0 Å². The molecule has 0 unspecified atom stereocenters. The van der Waals surface area contributed by atoms with Gasteiger partial charge in [0.05, 0.1) is 17.5 Å². The van der Waals surface area contributed by atoms with Crippen LogP contribution >= 0.6 is 0 Å². The fourth-order valence-corrected chi connectivity index (χ4v) is 5.56. The molecule has 0 saturated carbocycles. The molecule has 0 atom stereocenters. The lowest BCUT2D eigenvalue weighted by Crippen LogP contribution is -2.42. The number of piperidine rings is 1. The molecule has 0 spiro atoms. The number of nitrogens with zero attached hydrogens (tertiary/aromatic N) is 4. The van der Waals surface area contributed by atoms with E-state index in [9.17, 15) is 13.2 Å². The molecule has 3 aromatic rings. The van der Waals surface area contributed by atoms with E-state index in [1.807, 2.05) is 24.3 Å². The van der Waals surface area contributed by atoms with Crippen LogP contribution in [0.5, 0.6) is 5.75 Å². The highest BCUT2D eigenvalue weighted by molar-refractivity contribution is 7.89. The number of hydrogen-bond acceptors (Lipinski definition) is 6. The average Bonchev–Trinajstić information content (AvgIpc) is 3.25. The predicted molar refractivity (Wildman–Crippen MR) is 124 cm³/mol. The van der Waals surface area contributed by atoms with Crippen LogP contribution in [0.3, 0.4) is 0 Å². The van der Waals surface area contributed by atoms with Gasteiger partial charge in [-0.3, -0.25) is 4.79 Å². The first-order chi connectivity index (χ1) is 15.9. The van der Waals surface area contributed by atoms with Crippen molar-refractivity contribution < 1.29 is 17.9 Å². The molecule has 2 aromatic carbocycles. The van der Waals surface area contributed by atoms with Crippen molar-refractivity contribution in [2.24, 2.45) is 5.92 Å². The van der Waals surface area contributed by atoms with E-state index in [1.165, 1.54) is 4.31 Å². The van der Waals surface area contributed by atoms with E-state index in [0.717, 1.165) is 29.8 Å². The summed E-state index contributed by atoms with van der Waals surface area (Å²) in [5, 5.41) is 11.2. The van der Waals surface area contributed by atoms with Crippen LogP contribution in [-0.4, -0.2) is 53.8 Å². The summed E-state index contributed by atoms with van der Waals surface area (Å²) in [6, 6.07) is 12.5. The van der Waals surface area contributed by atoms with Crippen LogP contribution in [0.25, 0.3) is 11.0 Å². The number of carbonyl (C=O) groups is 1. The molecule has 1 aliphatic heterocycles. The van der Waals surface area contributed by atoms with Gasteiger partial charge in [-0.15, -0.1) is 5.10 Å². The van der Waals surface area contributed by atoms with Crippen LogP contribution in [-0.2, 0) is 27.9 Å². The molecule has 4 rings (SSSR count). The van der Waals surface area contributed by atoms with Crippen molar-refractivity contribution in [1.82, 2.24) is 24.6 Å². The van der Waals surface area contributed by atoms with Crippen molar-refractivity contribution in [2.75, 3.05) is 20.2 Å². The Morgan fingerprint density at radius 2 is 1.88 bits per heavy atom. The molecule has 1 saturated heterocycles. The van der Waals surface area contributed by atoms with Gasteiger partial charge in [-0.25, -0.2) is 13.1 Å². The van der Waals surface area contributed by atoms with Crippen molar-refractivity contribution in [1.29, 1.82) is 0 Å². The number of ether oxygens (including phenoxy) is 1. The van der Waals surface area contributed by atoms with Gasteiger partial charge in [-0.05, 0) is 55.2 Å². The topological polar surface area (TPSA) is 106 Å². The van der Waals surface area contributed by atoms with Crippen molar-refractivity contribution in [3.8, 4) is 5.75 Å². The fraction of sp³-hybridized carbons (Fsp3) is 0.435. The van der Waals surface area contributed by atoms with Crippen LogP contribution in [0, 0.1) is 5.92 Å². The van der Waals surface area contributed by atoms with Crippen LogP contribution in [0.2, 0.25) is 0 Å². The standard InChI is InChI=1S/C23H29N5O4S/c1-3-12-28-22-9-8-20(15-21(22)25-26-28)33(30,31)27-13-10-18(11-14-27)23(29)24-16-17-4-6-19(32-2)7-5-17/h4-9,15,18H,3,10-14,16H2,1-2H3,(H,24,29). The average molecular weight is 472 g/mol. The van der Waals surface area contributed by atoms with E-state index in [4.69, 9.17) is 4.74 Å². The quantitative estimate of drug-likeness (QED) is 0.541. The van der Waals surface area contributed by atoms with Crippen molar-refractivity contribution >= 4 is 27.0 Å². The summed E-state index contributed by atoms with van der Waals surface area (Å²) in [7, 11) is -2.04. The molecular formula is C23H29N5O4S. The van der Waals surface area contributed by atoms with Crippen LogP contribution < -0.4 is 10.1 Å². The monoisotopic (exact) mass is 471 g/mol. The minimum absolute atomic E-state index is 0.0446. The van der Waals surface area contributed by atoms with Crippen LogP contribution in [0.15, 0.2) is 47.4 Å². The molecule has 33 heavy (non-hydrogen) atoms. The second-order valence-corrected chi connectivity index (χ2v) is 10.1. The molecule has 9 nitrogen and oxygen atoms in total. The van der Waals surface area contributed by atoms with Gasteiger partial charge < -0.3 is 10.1 Å². The molecule has 176 valence electrons. The smallest absolute Gasteiger partial charge is 0.243 e. The minimum atomic E-state index is -3.65. The van der Waals surface area contributed by atoms with E-state index in [0.29, 0.717) is 38.0 Å². The van der Waals surface area contributed by atoms with Gasteiger partial charge in [0.1, 0.15) is 11.3 Å². The van der Waals surface area contributed by atoms with Gasteiger partial charge in [0.2, 0.25) is 15.9 Å². The van der Waals surface area contributed by atoms with Gasteiger partial charge in [-0.2, -0.15) is 4.31 Å². The molecule has 0 radical (unpaired) electrons. The number of carbonyl (C=O) groups excluding carboxylic acids is 1. The first-order valence-electron chi connectivity index (χ1n) is 11.2. The maximum absolute atomic E-state index is 13.2. The third-order valence-corrected chi connectivity index (χ3v) is 7.90. The fourth-order valence-electron chi connectivity index (χ4n) is 4.07. The third kappa shape index (κ3) is 5.01. The number of hydrogen-bond donors (Lipinski definition) is 1. The van der Waals surface area contributed by atoms with Gasteiger partial charge in [0.25, 0.3) is 0 Å². The molecule has 1 amide bonds. The highest BCUT2D eigenvalue weighted by Crippen LogP contribution is 2.26. The van der Waals surface area contributed by atoms with Gasteiger partial charge >= 0.3 is 0 Å². The lowest BCUT2D eigenvalue weighted by Gasteiger charge is -2.30. The van der Waals surface area contributed by atoms with Crippen molar-refractivity contribution in [3.05, 3.63) is 48.0 Å². The SMILES string of the molecule is CCCn1nnc2cc(S(=O)(=O)N3CCC(C(=O)NCc4ccc(OC)cc4)CC3)ccc21. The lowest BCUT2D eigenvalue weighted by molar-refractivity contribution is -0.126. The molecule has 0 bridgehead atoms. The lowest BCUT2D eigenvalue weighted by atomic mass is 9.97. The second kappa shape index (κ2) is 9.88. The molecule has 2 heterocycles. The molecule has 1 aromatic heterocycles. The number of benzene rings is 2.